The van der Waals surface area contributed by atoms with Crippen molar-refractivity contribution in [2.24, 2.45) is 0 Å². The predicted octanol–water partition coefficient (Wildman–Crippen LogP) is 7.17. The van der Waals surface area contributed by atoms with E-state index in [1.807, 2.05) is 36.4 Å². The lowest BCUT2D eigenvalue weighted by Gasteiger charge is -2.17. The van der Waals surface area contributed by atoms with Crippen LogP contribution < -0.4 is 0 Å². The average Bonchev–Trinajstić information content (AvgIpc) is 2.81. The molecule has 0 aromatic heterocycles. The lowest BCUT2D eigenvalue weighted by molar-refractivity contribution is -0.140. The zero-order valence-electron chi connectivity index (χ0n) is 18.2. The molecule has 1 N–H and O–H groups in total. The van der Waals surface area contributed by atoms with Crippen LogP contribution in [0, 0.1) is 0 Å². The van der Waals surface area contributed by atoms with Gasteiger partial charge >= 0.3 is 11.9 Å². The SMILES string of the molecule is COC(=O)CCS[C@H](SCCC(=O)O)c1cccc(/C=C/c2ccc3ccc(Cl)cc3c2)c1. The number of hydrogen-bond acceptors (Lipinski definition) is 5. The predicted molar refractivity (Wildman–Crippen MR) is 141 cm³/mol. The summed E-state index contributed by atoms with van der Waals surface area (Å²) in [7, 11) is 1.38. The van der Waals surface area contributed by atoms with Crippen LogP contribution in [-0.2, 0) is 14.3 Å². The molecule has 7 heteroatoms. The number of benzene rings is 3. The van der Waals surface area contributed by atoms with Crippen molar-refractivity contribution < 1.29 is 19.4 Å². The molecular weight excluding hydrogens is 476 g/mol. The monoisotopic (exact) mass is 500 g/mol. The number of carboxylic acid groups (broad SMARTS) is 1. The molecule has 0 bridgehead atoms. The van der Waals surface area contributed by atoms with Crippen molar-refractivity contribution in [3.05, 3.63) is 82.4 Å². The van der Waals surface area contributed by atoms with E-state index in [0.717, 1.165) is 27.5 Å². The topological polar surface area (TPSA) is 63.6 Å². The van der Waals surface area contributed by atoms with Gasteiger partial charge in [0, 0.05) is 16.5 Å². The van der Waals surface area contributed by atoms with E-state index in [2.05, 4.69) is 36.4 Å². The van der Waals surface area contributed by atoms with Gasteiger partial charge in [0.25, 0.3) is 0 Å². The summed E-state index contributed by atoms with van der Waals surface area (Å²) in [6, 6.07) is 20.3. The molecule has 33 heavy (non-hydrogen) atoms. The summed E-state index contributed by atoms with van der Waals surface area (Å²) in [6.45, 7) is 0. The number of thioether (sulfide) groups is 2. The molecule has 3 aromatic carbocycles. The maximum Gasteiger partial charge on any atom is 0.306 e. The molecule has 4 nitrogen and oxygen atoms in total. The van der Waals surface area contributed by atoms with Crippen LogP contribution in [0.25, 0.3) is 22.9 Å². The Labute approximate surface area is 207 Å². The summed E-state index contributed by atoms with van der Waals surface area (Å²) >= 11 is 9.34. The first-order chi connectivity index (χ1) is 15.9. The Hall–Kier alpha value is -2.41. The highest BCUT2D eigenvalue weighted by Gasteiger charge is 2.15. The summed E-state index contributed by atoms with van der Waals surface area (Å²) in [5.74, 6) is 0.0570. The highest BCUT2D eigenvalue weighted by atomic mass is 35.5. The van der Waals surface area contributed by atoms with Gasteiger partial charge in [0.1, 0.15) is 0 Å². The van der Waals surface area contributed by atoms with E-state index in [9.17, 15) is 9.59 Å². The molecule has 3 rings (SSSR count). The normalized spacial score (nSPS) is 12.2. The molecule has 0 saturated carbocycles. The quantitative estimate of drug-likeness (QED) is 0.171. The Bertz CT molecular complexity index is 1150. The molecular formula is C26H25ClO4S2. The number of halogens is 1. The Morgan fingerprint density at radius 3 is 2.36 bits per heavy atom. The molecule has 0 aliphatic rings. The van der Waals surface area contributed by atoms with Gasteiger partial charge < -0.3 is 9.84 Å². The summed E-state index contributed by atoms with van der Waals surface area (Å²) < 4.78 is 4.76. The fraction of sp³-hybridized carbons (Fsp3) is 0.231. The molecule has 1 atom stereocenters. The first kappa shape index (κ1) is 25.2. The van der Waals surface area contributed by atoms with Crippen LogP contribution in [0.4, 0.5) is 0 Å². The highest BCUT2D eigenvalue weighted by molar-refractivity contribution is 8.16. The van der Waals surface area contributed by atoms with Gasteiger partial charge in [0.15, 0.2) is 0 Å². The van der Waals surface area contributed by atoms with Gasteiger partial charge in [-0.15, -0.1) is 23.5 Å². The number of esters is 1. The van der Waals surface area contributed by atoms with E-state index in [0.29, 0.717) is 22.9 Å². The maximum atomic E-state index is 11.5. The largest absolute Gasteiger partial charge is 0.481 e. The van der Waals surface area contributed by atoms with Crippen molar-refractivity contribution in [1.29, 1.82) is 0 Å². The van der Waals surface area contributed by atoms with Crippen molar-refractivity contribution in [3.8, 4) is 0 Å². The van der Waals surface area contributed by atoms with Gasteiger partial charge in [0.05, 0.1) is 24.5 Å². The summed E-state index contributed by atoms with van der Waals surface area (Å²) in [5, 5.41) is 11.9. The van der Waals surface area contributed by atoms with Crippen molar-refractivity contribution in [2.45, 2.75) is 17.4 Å². The second kappa shape index (κ2) is 12.7. The molecule has 0 saturated heterocycles. The van der Waals surface area contributed by atoms with Crippen molar-refractivity contribution >= 4 is 70.0 Å². The lowest BCUT2D eigenvalue weighted by atomic mass is 10.1. The number of fused-ring (bicyclic) bond motifs is 1. The van der Waals surface area contributed by atoms with Gasteiger partial charge in [-0.25, -0.2) is 0 Å². The van der Waals surface area contributed by atoms with E-state index in [1.54, 1.807) is 23.5 Å². The molecule has 0 radical (unpaired) electrons. The van der Waals surface area contributed by atoms with E-state index < -0.39 is 5.97 Å². The van der Waals surface area contributed by atoms with Gasteiger partial charge in [0.2, 0.25) is 0 Å². The molecule has 0 amide bonds. The van der Waals surface area contributed by atoms with Crippen LogP contribution in [0.2, 0.25) is 5.02 Å². The number of hydrogen-bond donors (Lipinski definition) is 1. The second-order valence-electron chi connectivity index (χ2n) is 7.30. The summed E-state index contributed by atoms with van der Waals surface area (Å²) in [5.41, 5.74) is 3.22. The smallest absolute Gasteiger partial charge is 0.306 e. The van der Waals surface area contributed by atoms with Gasteiger partial charge in [-0.1, -0.05) is 60.2 Å². The number of ether oxygens (including phenoxy) is 1. The number of carbonyl (C=O) groups excluding carboxylic acids is 1. The maximum absolute atomic E-state index is 11.5. The van der Waals surface area contributed by atoms with Gasteiger partial charge in [-0.2, -0.15) is 0 Å². The van der Waals surface area contributed by atoms with Crippen LogP contribution in [0.5, 0.6) is 0 Å². The standard InChI is InChI=1S/C26H25ClO4S2/c1-31-25(30)12-14-33-26(32-13-11-24(28)29)21-4-2-3-18(15-21)5-6-19-7-8-20-9-10-23(27)17-22(20)16-19/h2-10,15-17,26H,11-14H2,1H3,(H,28,29)/b6-5+/t26-/m0/s1. The summed E-state index contributed by atoms with van der Waals surface area (Å²) in [4.78, 5) is 22.4. The number of aliphatic carboxylic acids is 1. The minimum absolute atomic E-state index is 0.0326. The lowest BCUT2D eigenvalue weighted by Crippen LogP contribution is -2.03. The number of carboxylic acids is 1. The Kier molecular flexibility index (Phi) is 9.73. The van der Waals surface area contributed by atoms with Crippen molar-refractivity contribution in [2.75, 3.05) is 18.6 Å². The molecule has 3 aromatic rings. The minimum atomic E-state index is -0.811. The van der Waals surface area contributed by atoms with E-state index in [4.69, 9.17) is 21.4 Å². The molecule has 172 valence electrons. The molecule has 0 aliphatic heterocycles. The Morgan fingerprint density at radius 1 is 0.939 bits per heavy atom. The zero-order chi connectivity index (χ0) is 23.6. The van der Waals surface area contributed by atoms with Gasteiger partial charge in [-0.3, -0.25) is 9.59 Å². The zero-order valence-corrected chi connectivity index (χ0v) is 20.6. The number of carbonyl (C=O) groups is 2. The highest BCUT2D eigenvalue weighted by Crippen LogP contribution is 2.40. The first-order valence-corrected chi connectivity index (χ1v) is 12.9. The van der Waals surface area contributed by atoms with E-state index in [1.165, 1.54) is 7.11 Å². The van der Waals surface area contributed by atoms with Crippen LogP contribution in [0.15, 0.2) is 60.7 Å². The molecule has 0 heterocycles. The average molecular weight is 501 g/mol. The Morgan fingerprint density at radius 2 is 1.64 bits per heavy atom. The first-order valence-electron chi connectivity index (χ1n) is 10.4. The van der Waals surface area contributed by atoms with E-state index in [-0.39, 0.29) is 17.0 Å². The molecule has 0 unspecified atom stereocenters. The van der Waals surface area contributed by atoms with Crippen molar-refractivity contribution in [3.63, 3.8) is 0 Å². The molecule has 0 fully saturated rings. The number of methoxy groups -OCH3 is 1. The third kappa shape index (κ3) is 8.14. The Balaban J connectivity index is 1.74. The second-order valence-corrected chi connectivity index (χ2v) is 10.5. The summed E-state index contributed by atoms with van der Waals surface area (Å²) in [6.07, 6.45) is 4.55. The van der Waals surface area contributed by atoms with Crippen LogP contribution in [-0.4, -0.2) is 35.7 Å². The minimum Gasteiger partial charge on any atom is -0.481 e. The number of rotatable bonds is 11. The van der Waals surface area contributed by atoms with Crippen LogP contribution in [0.3, 0.4) is 0 Å². The third-order valence-electron chi connectivity index (χ3n) is 4.87. The molecule has 0 spiro atoms. The van der Waals surface area contributed by atoms with Crippen LogP contribution in [0.1, 0.15) is 34.1 Å². The fourth-order valence-corrected chi connectivity index (χ4v) is 6.01. The van der Waals surface area contributed by atoms with E-state index >= 15 is 0 Å². The fourth-order valence-electron chi connectivity index (χ4n) is 3.19. The van der Waals surface area contributed by atoms with Gasteiger partial charge in [-0.05, 0) is 51.7 Å². The van der Waals surface area contributed by atoms with Crippen molar-refractivity contribution in [1.82, 2.24) is 0 Å². The molecule has 0 aliphatic carbocycles. The van der Waals surface area contributed by atoms with Crippen LogP contribution >= 0.6 is 35.1 Å². The third-order valence-corrected chi connectivity index (χ3v) is 7.95.